The third-order valence-corrected chi connectivity index (χ3v) is 3.15. The number of rotatable bonds is 4. The molecule has 5 heteroatoms. The molecule has 1 aliphatic heterocycles. The Morgan fingerprint density at radius 2 is 1.94 bits per heavy atom. The fraction of sp³-hybridized carbons (Fsp3) is 0.417. The van der Waals surface area contributed by atoms with Crippen LogP contribution < -0.4 is 15.9 Å². The van der Waals surface area contributed by atoms with Crippen LogP contribution in [-0.4, -0.2) is 32.7 Å². The highest BCUT2D eigenvalue weighted by atomic mass is 16.1. The predicted octanol–water partition coefficient (Wildman–Crippen LogP) is 0.637. The lowest BCUT2D eigenvalue weighted by Gasteiger charge is -2.34. The molecule has 0 atom stereocenters. The number of benzene rings is 1. The van der Waals surface area contributed by atoms with Gasteiger partial charge in [0.2, 0.25) is 0 Å². The fourth-order valence-corrected chi connectivity index (χ4v) is 2.16. The normalized spacial score (nSPS) is 16.8. The van der Waals surface area contributed by atoms with Crippen LogP contribution in [0.1, 0.15) is 12.8 Å². The Labute approximate surface area is 102 Å². The number of nitrogen functional groups attached to an aromatic ring is 1. The topological polar surface area (TPSA) is 58.4 Å². The number of nitrogens with zero attached hydrogens (tertiary/aromatic N) is 1. The van der Waals surface area contributed by atoms with Gasteiger partial charge >= 0.3 is 0 Å². The molecular weight excluding hydrogens is 213 g/mol. The van der Waals surface area contributed by atoms with Crippen molar-refractivity contribution in [1.29, 1.82) is 0 Å². The first kappa shape index (κ1) is 12.0. The monoisotopic (exact) mass is 230 g/mol. The van der Waals surface area contributed by atoms with Crippen molar-refractivity contribution in [3.63, 3.8) is 0 Å². The summed E-state index contributed by atoms with van der Waals surface area (Å²) in [5.41, 5.74) is 7.68. The Morgan fingerprint density at radius 1 is 1.29 bits per heavy atom. The molecule has 1 radical (unpaired) electrons. The molecule has 0 amide bonds. The maximum Gasteiger partial charge on any atom is 0.290 e. The first-order valence-electron chi connectivity index (χ1n) is 5.93. The molecule has 1 aliphatic rings. The summed E-state index contributed by atoms with van der Waals surface area (Å²) in [6.07, 6.45) is 2.90. The molecule has 1 aromatic carbocycles. The predicted molar refractivity (Wildman–Crippen MR) is 71.7 cm³/mol. The third-order valence-electron chi connectivity index (χ3n) is 3.15. The molecule has 0 aliphatic carbocycles. The number of nitrogens with one attached hydrogen (secondary N) is 1. The highest BCUT2D eigenvalue weighted by Gasteiger charge is 2.18. The van der Waals surface area contributed by atoms with E-state index in [1.807, 2.05) is 12.1 Å². The van der Waals surface area contributed by atoms with Crippen LogP contribution in [0.5, 0.6) is 0 Å². The molecule has 1 saturated heterocycles. The Bertz CT molecular complexity index is 361. The molecule has 0 saturated carbocycles. The minimum absolute atomic E-state index is 0.422. The van der Waals surface area contributed by atoms with Crippen LogP contribution in [0.15, 0.2) is 24.3 Å². The summed E-state index contributed by atoms with van der Waals surface area (Å²) >= 11 is 0. The first-order chi connectivity index (χ1) is 8.29. The van der Waals surface area contributed by atoms with Gasteiger partial charge in [0, 0.05) is 24.5 Å². The highest BCUT2D eigenvalue weighted by molar-refractivity contribution is 6.64. The molecule has 89 valence electrons. The van der Waals surface area contributed by atoms with Crippen molar-refractivity contribution >= 4 is 25.0 Å². The molecule has 1 heterocycles. The van der Waals surface area contributed by atoms with Crippen molar-refractivity contribution in [2.45, 2.75) is 18.9 Å². The second-order valence-electron chi connectivity index (χ2n) is 4.32. The summed E-state index contributed by atoms with van der Waals surface area (Å²) in [7, 11) is 1.49. The van der Waals surface area contributed by atoms with Gasteiger partial charge in [0.15, 0.2) is 0 Å². The summed E-state index contributed by atoms with van der Waals surface area (Å²) in [5.74, 6) is 0. The van der Waals surface area contributed by atoms with Crippen molar-refractivity contribution in [3.05, 3.63) is 24.3 Å². The first-order valence-corrected chi connectivity index (χ1v) is 5.93. The number of nitrogens with two attached hydrogens (primary N) is 1. The number of carbonyl (C=O) groups excluding carboxylic acids is 1. The van der Waals surface area contributed by atoms with E-state index in [0.717, 1.165) is 37.8 Å². The van der Waals surface area contributed by atoms with Crippen LogP contribution in [0.4, 0.5) is 11.4 Å². The van der Waals surface area contributed by atoms with Gasteiger partial charge in [0.1, 0.15) is 0 Å². The van der Waals surface area contributed by atoms with E-state index in [0.29, 0.717) is 6.04 Å². The lowest BCUT2D eigenvalue weighted by molar-refractivity contribution is 0.473. The van der Waals surface area contributed by atoms with Crippen LogP contribution in [0.2, 0.25) is 0 Å². The quantitative estimate of drug-likeness (QED) is 0.452. The molecular formula is C12H17BN3O. The van der Waals surface area contributed by atoms with Gasteiger partial charge in [-0.05, 0) is 43.1 Å². The Kier molecular flexibility index (Phi) is 4.04. The number of hydrogen-bond donors (Lipinski definition) is 2. The molecule has 17 heavy (non-hydrogen) atoms. The lowest BCUT2D eigenvalue weighted by atomic mass is 9.93. The smallest absolute Gasteiger partial charge is 0.290 e. The zero-order chi connectivity index (χ0) is 12.1. The summed E-state index contributed by atoms with van der Waals surface area (Å²) in [6.45, 7) is 2.02. The second kappa shape index (κ2) is 5.73. The van der Waals surface area contributed by atoms with Crippen molar-refractivity contribution in [2.24, 2.45) is 0 Å². The molecule has 0 spiro atoms. The van der Waals surface area contributed by atoms with E-state index in [4.69, 9.17) is 5.73 Å². The molecule has 0 unspecified atom stereocenters. The molecule has 1 fully saturated rings. The average molecular weight is 230 g/mol. The van der Waals surface area contributed by atoms with Gasteiger partial charge in [0.25, 0.3) is 7.41 Å². The van der Waals surface area contributed by atoms with Gasteiger partial charge in [0.05, 0.1) is 6.19 Å². The van der Waals surface area contributed by atoms with Gasteiger partial charge < -0.3 is 20.7 Å². The molecule has 3 N–H and O–H groups in total. The van der Waals surface area contributed by atoms with E-state index in [2.05, 4.69) is 22.3 Å². The van der Waals surface area contributed by atoms with Crippen molar-refractivity contribution in [2.75, 3.05) is 23.7 Å². The molecule has 4 nitrogen and oxygen atoms in total. The van der Waals surface area contributed by atoms with E-state index >= 15 is 0 Å². The number of anilines is 2. The van der Waals surface area contributed by atoms with Crippen LogP contribution >= 0.6 is 0 Å². The molecule has 0 aromatic heterocycles. The molecule has 1 aromatic rings. The van der Waals surface area contributed by atoms with Gasteiger partial charge in [-0.25, -0.2) is 0 Å². The average Bonchev–Trinajstić information content (AvgIpc) is 2.38. The van der Waals surface area contributed by atoms with E-state index in [1.165, 1.54) is 13.1 Å². The van der Waals surface area contributed by atoms with E-state index in [1.54, 1.807) is 0 Å². The van der Waals surface area contributed by atoms with Crippen LogP contribution in [0.3, 0.4) is 0 Å². The van der Waals surface area contributed by atoms with Crippen LogP contribution in [-0.2, 0) is 4.79 Å². The van der Waals surface area contributed by atoms with E-state index in [-0.39, 0.29) is 0 Å². The molecule has 0 bridgehead atoms. The van der Waals surface area contributed by atoms with Gasteiger partial charge in [-0.15, -0.1) is 0 Å². The fourth-order valence-electron chi connectivity index (χ4n) is 2.16. The number of hydrogen-bond acceptors (Lipinski definition) is 4. The number of carbonyl (C=O) groups is 1. The van der Waals surface area contributed by atoms with Gasteiger partial charge in [-0.3, -0.25) is 0 Å². The van der Waals surface area contributed by atoms with Crippen LogP contribution in [0.25, 0.3) is 0 Å². The Balaban J connectivity index is 1.86. The third kappa shape index (κ3) is 3.23. The van der Waals surface area contributed by atoms with E-state index in [9.17, 15) is 4.79 Å². The minimum atomic E-state index is 0.422. The SMILES string of the molecule is Nc1ccc(N2CCC(N[B]C=O)CC2)cc1. The summed E-state index contributed by atoms with van der Waals surface area (Å²) in [4.78, 5) is 12.6. The highest BCUT2D eigenvalue weighted by Crippen LogP contribution is 2.20. The maximum absolute atomic E-state index is 10.2. The number of piperidine rings is 1. The Morgan fingerprint density at radius 3 is 2.53 bits per heavy atom. The van der Waals surface area contributed by atoms with Crippen molar-refractivity contribution in [3.8, 4) is 0 Å². The second-order valence-corrected chi connectivity index (χ2v) is 4.32. The van der Waals surface area contributed by atoms with Crippen molar-refractivity contribution < 1.29 is 4.79 Å². The van der Waals surface area contributed by atoms with Crippen LogP contribution in [0, 0.1) is 0 Å². The van der Waals surface area contributed by atoms with Crippen molar-refractivity contribution in [1.82, 2.24) is 5.23 Å². The zero-order valence-electron chi connectivity index (χ0n) is 9.80. The standard InChI is InChI=1S/C12H17BN3O/c14-10-1-3-12(4-2-10)16-7-5-11(6-8-16)15-13-9-17/h1-4,9,11,15H,5-8,14H2. The summed E-state index contributed by atoms with van der Waals surface area (Å²) < 4.78 is 0. The van der Waals surface area contributed by atoms with Gasteiger partial charge in [-0.1, -0.05) is 0 Å². The largest absolute Gasteiger partial charge is 0.399 e. The molecule has 2 rings (SSSR count). The van der Waals surface area contributed by atoms with E-state index < -0.39 is 0 Å². The minimum Gasteiger partial charge on any atom is -0.399 e. The summed E-state index contributed by atoms with van der Waals surface area (Å²) in [6, 6.07) is 8.39. The Hall–Kier alpha value is -1.49. The maximum atomic E-state index is 10.2. The lowest BCUT2D eigenvalue weighted by Crippen LogP contribution is -2.44. The zero-order valence-corrected chi connectivity index (χ0v) is 9.80. The van der Waals surface area contributed by atoms with Gasteiger partial charge in [-0.2, -0.15) is 0 Å². The summed E-state index contributed by atoms with van der Waals surface area (Å²) in [5, 5.41) is 3.11.